The Morgan fingerprint density at radius 1 is 0.272 bits per heavy atom. The molecule has 92 heavy (non-hydrogen) atoms. The number of carbonyl (C=O) groups is 4. The Kier molecular flexibility index (Phi) is 11.6. The molecule has 0 amide bonds. The number of rotatable bonds is 12. The summed E-state index contributed by atoms with van der Waals surface area (Å²) < 4.78 is 24.9. The number of ether oxygens (including phenoxy) is 4. The summed E-state index contributed by atoms with van der Waals surface area (Å²) in [6, 6.07) is 50.0. The number of carbonyl (C=O) groups excluding carboxylic acids is 4. The summed E-state index contributed by atoms with van der Waals surface area (Å²) >= 11 is 0. The molecule has 17 rings (SSSR count). The van der Waals surface area contributed by atoms with E-state index in [0.29, 0.717) is 25.7 Å². The number of hydrogen-bond acceptors (Lipinski definition) is 8. The molecule has 458 valence electrons. The fraction of sp³-hybridized carbons (Fsp3) is 0.310. The largest absolute Gasteiger partial charge is 0.460 e. The van der Waals surface area contributed by atoms with Crippen LogP contribution in [0.25, 0.3) is 152 Å². The first kappa shape index (κ1) is 56.8. The van der Waals surface area contributed by atoms with Gasteiger partial charge >= 0.3 is 23.9 Å². The molecule has 15 aromatic carbocycles. The third-order valence-electron chi connectivity index (χ3n) is 20.7. The third kappa shape index (κ3) is 7.82. The molecule has 0 aromatic heterocycles. The first-order valence-electron chi connectivity index (χ1n) is 33.1. The van der Waals surface area contributed by atoms with Crippen molar-refractivity contribution in [1.29, 1.82) is 0 Å². The van der Waals surface area contributed by atoms with Crippen LogP contribution in [0.3, 0.4) is 0 Å². The van der Waals surface area contributed by atoms with Gasteiger partial charge in [-0.1, -0.05) is 121 Å². The molecule has 0 saturated carbocycles. The molecule has 8 heteroatoms. The molecule has 0 N–H and O–H groups in total. The summed E-state index contributed by atoms with van der Waals surface area (Å²) in [4.78, 5) is 58.3. The average molecular weight is 1210 g/mol. The minimum atomic E-state index is -0.912. The highest BCUT2D eigenvalue weighted by molar-refractivity contribution is 6.61. The Labute approximate surface area is 534 Å². The van der Waals surface area contributed by atoms with E-state index in [1.165, 1.54) is 97.0 Å². The maximum absolute atomic E-state index is 14.6. The van der Waals surface area contributed by atoms with E-state index < -0.39 is 33.2 Å². The maximum atomic E-state index is 14.6. The van der Waals surface area contributed by atoms with Gasteiger partial charge in [-0.3, -0.25) is 19.2 Å². The molecular formula is C84H74O8. The molecule has 0 unspecified atom stereocenters. The fourth-order valence-corrected chi connectivity index (χ4v) is 18.2. The van der Waals surface area contributed by atoms with Gasteiger partial charge in [0.05, 0.1) is 0 Å². The van der Waals surface area contributed by atoms with E-state index >= 15 is 0 Å². The predicted molar refractivity (Wildman–Crippen MR) is 376 cm³/mol. The van der Waals surface area contributed by atoms with E-state index in [4.69, 9.17) is 18.9 Å². The lowest BCUT2D eigenvalue weighted by molar-refractivity contribution is -0.157. The van der Waals surface area contributed by atoms with Crippen LogP contribution < -0.4 is 0 Å². The quantitative estimate of drug-likeness (QED) is 0.0516. The van der Waals surface area contributed by atoms with Crippen molar-refractivity contribution in [3.8, 4) is 22.3 Å². The van der Waals surface area contributed by atoms with Gasteiger partial charge in [0.15, 0.2) is 0 Å². The van der Waals surface area contributed by atoms with Gasteiger partial charge in [0.25, 0.3) is 0 Å². The van der Waals surface area contributed by atoms with Crippen LogP contribution in [0.15, 0.2) is 133 Å². The van der Waals surface area contributed by atoms with Crippen LogP contribution in [0.1, 0.15) is 157 Å². The fourth-order valence-electron chi connectivity index (χ4n) is 18.2. The summed E-state index contributed by atoms with van der Waals surface area (Å²) in [5.41, 5.74) is 3.91. The smallest absolute Gasteiger partial charge is 0.306 e. The Balaban J connectivity index is 1.13. The zero-order valence-corrected chi connectivity index (χ0v) is 54.6. The molecule has 0 bridgehead atoms. The first-order chi connectivity index (χ1) is 43.8. The van der Waals surface area contributed by atoms with Gasteiger partial charge in [-0.25, -0.2) is 0 Å². The number of fused-ring (bicyclic) bond motifs is 14. The molecule has 0 saturated heterocycles. The van der Waals surface area contributed by atoms with Gasteiger partial charge < -0.3 is 18.9 Å². The maximum Gasteiger partial charge on any atom is 0.306 e. The van der Waals surface area contributed by atoms with E-state index in [0.717, 1.165) is 76.8 Å². The predicted octanol–water partition coefficient (Wildman–Crippen LogP) is 21.2. The van der Waals surface area contributed by atoms with Crippen molar-refractivity contribution in [3.63, 3.8) is 0 Å². The highest BCUT2D eigenvalue weighted by Gasteiger charge is 2.50. The number of benzene rings is 15. The molecule has 8 nitrogen and oxygen atoms in total. The second-order valence-electron chi connectivity index (χ2n) is 31.0. The number of esters is 4. The van der Waals surface area contributed by atoms with E-state index in [1.54, 1.807) is 0 Å². The van der Waals surface area contributed by atoms with Crippen molar-refractivity contribution in [2.24, 2.45) is 0 Å². The zero-order chi connectivity index (χ0) is 63.8. The summed E-state index contributed by atoms with van der Waals surface area (Å²) in [5.74, 6) is -1.18. The zero-order valence-electron chi connectivity index (χ0n) is 54.6. The van der Waals surface area contributed by atoms with E-state index in [1.807, 2.05) is 83.1 Å². The summed E-state index contributed by atoms with van der Waals surface area (Å²) in [7, 11) is 0. The second kappa shape index (κ2) is 18.8. The minimum absolute atomic E-state index is 0.104. The molecule has 0 radical (unpaired) electrons. The third-order valence-corrected chi connectivity index (χ3v) is 20.7. The second-order valence-corrected chi connectivity index (χ2v) is 31.0. The molecule has 2 aliphatic rings. The Hall–Kier alpha value is -9.14. The Morgan fingerprint density at radius 2 is 0.533 bits per heavy atom. The molecule has 15 aromatic rings. The van der Waals surface area contributed by atoms with Crippen molar-refractivity contribution < 1.29 is 38.1 Å². The lowest BCUT2D eigenvalue weighted by atomic mass is 9.66. The van der Waals surface area contributed by atoms with Crippen molar-refractivity contribution in [1.82, 2.24) is 0 Å². The van der Waals surface area contributed by atoms with Gasteiger partial charge in [-0.15, -0.1) is 0 Å². The Bertz CT molecular complexity index is 5550. The molecule has 0 aliphatic heterocycles. The topological polar surface area (TPSA) is 105 Å². The van der Waals surface area contributed by atoms with Crippen molar-refractivity contribution in [3.05, 3.63) is 156 Å². The molecule has 0 atom stereocenters. The van der Waals surface area contributed by atoms with Gasteiger partial charge in [0.2, 0.25) is 0 Å². The van der Waals surface area contributed by atoms with Crippen molar-refractivity contribution in [2.75, 3.05) is 0 Å². The summed E-state index contributed by atoms with van der Waals surface area (Å²) in [6.07, 6.45) is 1.90. The highest BCUT2D eigenvalue weighted by Crippen LogP contribution is 2.67. The van der Waals surface area contributed by atoms with E-state index in [9.17, 15) is 19.2 Å². The van der Waals surface area contributed by atoms with Crippen LogP contribution >= 0.6 is 0 Å². The van der Waals surface area contributed by atoms with Gasteiger partial charge in [-0.05, 0) is 295 Å². The van der Waals surface area contributed by atoms with Gasteiger partial charge in [-0.2, -0.15) is 0 Å². The molecule has 0 heterocycles. The van der Waals surface area contributed by atoms with Crippen LogP contribution in [-0.2, 0) is 49.0 Å². The molecular weight excluding hydrogens is 1140 g/mol. The van der Waals surface area contributed by atoms with Crippen molar-refractivity contribution in [2.45, 2.75) is 168 Å². The molecule has 0 fully saturated rings. The van der Waals surface area contributed by atoms with Crippen LogP contribution in [-0.4, -0.2) is 46.3 Å². The first-order valence-corrected chi connectivity index (χ1v) is 33.1. The standard InChI is InChI=1S/C84H74O8/c1-79(2,3)89-59(85)33-37-83(38-34-60(86)90-80(4,5)6)58-32-16-14-22-44(58)55-42-56-68-69(77(55)83)52-30-20-28-50-49-26-18-24-46-45-23-17-25-47-48-27-19-29-51-53-41-54-43-21-13-15-31-57(43)84(39-35-61(87)91-81(7,8)9,40-36-62(88)92-82(10,11)12)78(54)70(56)67(53)75-73(65(48)51)71(63(45)47)72(64(46)49)74(66(50)52)76(68)75/h13-32,41-42H,33-40H2,1-12H3. The lowest BCUT2D eigenvalue weighted by Gasteiger charge is -2.37. The van der Waals surface area contributed by atoms with Crippen LogP contribution in [0.5, 0.6) is 0 Å². The minimum Gasteiger partial charge on any atom is -0.460 e. The molecule has 0 spiro atoms. The highest BCUT2D eigenvalue weighted by atomic mass is 16.6. The summed E-state index contributed by atoms with van der Waals surface area (Å²) in [5, 5.41) is 28.7. The number of hydrogen-bond donors (Lipinski definition) is 0. The van der Waals surface area contributed by atoms with Crippen LogP contribution in [0.2, 0.25) is 0 Å². The summed E-state index contributed by atoms with van der Waals surface area (Å²) in [6.45, 7) is 23.0. The normalized spacial score (nSPS) is 15.0. The van der Waals surface area contributed by atoms with Gasteiger partial charge in [0, 0.05) is 36.5 Å². The Morgan fingerprint density at radius 3 is 0.870 bits per heavy atom. The SMILES string of the molecule is CC(C)(C)OC(=O)CCC1(CCC(=O)OC(C)(C)C)c2ccccc2-c2cc3c4cccc5c6cccc7c8cccc9c%10cccc%11c%12c%13c(cc%14c(c21)c3c1c(c54)c(c76)c(c89)c(c%10%11)c1c%14%12)-c1ccccc1C%13(CCC(=O)OC(C)(C)C)CCC(=O)OC(C)(C)C. The molecule has 2 aliphatic carbocycles. The average Bonchev–Trinajstić information content (AvgIpc) is 0.895. The lowest BCUT2D eigenvalue weighted by Crippen LogP contribution is -2.31. The van der Waals surface area contributed by atoms with Gasteiger partial charge in [0.1, 0.15) is 22.4 Å². The monoisotopic (exact) mass is 1210 g/mol. The van der Waals surface area contributed by atoms with Crippen molar-refractivity contribution >= 4 is 153 Å². The van der Waals surface area contributed by atoms with E-state index in [2.05, 4.69) is 133 Å². The van der Waals surface area contributed by atoms with E-state index in [-0.39, 0.29) is 49.6 Å². The van der Waals surface area contributed by atoms with Crippen LogP contribution in [0.4, 0.5) is 0 Å². The van der Waals surface area contributed by atoms with Crippen LogP contribution in [0, 0.1) is 0 Å².